The second-order valence-electron chi connectivity index (χ2n) is 4.74. The van der Waals surface area contributed by atoms with Crippen LogP contribution in [0.1, 0.15) is 11.4 Å². The highest BCUT2D eigenvalue weighted by molar-refractivity contribution is 7.89. The third-order valence-electron chi connectivity index (χ3n) is 3.20. The molecule has 21 heavy (non-hydrogen) atoms. The zero-order chi connectivity index (χ0) is 15.8. The van der Waals surface area contributed by atoms with Crippen molar-refractivity contribution < 1.29 is 23.1 Å². The van der Waals surface area contributed by atoms with E-state index in [2.05, 4.69) is 10.4 Å². The third-order valence-corrected chi connectivity index (χ3v) is 5.30. The predicted molar refractivity (Wildman–Crippen MR) is 71.1 cm³/mol. The highest BCUT2D eigenvalue weighted by atomic mass is 32.2. The Bertz CT molecular complexity index is 694. The molecule has 0 aromatic carbocycles. The largest absolute Gasteiger partial charge is 0.480 e. The predicted octanol–water partition coefficient (Wildman–Crippen LogP) is -1.29. The van der Waals surface area contributed by atoms with Gasteiger partial charge in [-0.3, -0.25) is 14.3 Å². The molecule has 1 saturated heterocycles. The molecule has 0 unspecified atom stereocenters. The molecule has 0 saturated carbocycles. The minimum absolute atomic E-state index is 0.0292. The summed E-state index contributed by atoms with van der Waals surface area (Å²) < 4.78 is 27.4. The number of aromatic nitrogens is 2. The molecule has 0 bridgehead atoms. The van der Waals surface area contributed by atoms with E-state index in [0.717, 1.165) is 8.99 Å². The number of piperazine rings is 1. The van der Waals surface area contributed by atoms with Gasteiger partial charge in [-0.1, -0.05) is 0 Å². The number of hydrogen-bond acceptors (Lipinski definition) is 5. The van der Waals surface area contributed by atoms with Gasteiger partial charge in [-0.05, 0) is 13.8 Å². The summed E-state index contributed by atoms with van der Waals surface area (Å²) in [6.07, 6.45) is 0. The summed E-state index contributed by atoms with van der Waals surface area (Å²) in [5.74, 6) is -1.47. The van der Waals surface area contributed by atoms with Gasteiger partial charge in [0, 0.05) is 13.1 Å². The summed E-state index contributed by atoms with van der Waals surface area (Å²) in [4.78, 5) is 22.1. The summed E-state index contributed by atoms with van der Waals surface area (Å²) in [6.45, 7) is 2.77. The van der Waals surface area contributed by atoms with Crippen molar-refractivity contribution in [1.29, 1.82) is 0 Å². The quantitative estimate of drug-likeness (QED) is 0.712. The van der Waals surface area contributed by atoms with Gasteiger partial charge in [-0.15, -0.1) is 0 Å². The minimum Gasteiger partial charge on any atom is -0.480 e. The summed E-state index contributed by atoms with van der Waals surface area (Å²) in [5.41, 5.74) is 0.473. The molecule has 1 amide bonds. The number of sulfonamides is 1. The molecule has 2 rings (SSSR count). The van der Waals surface area contributed by atoms with E-state index < -0.39 is 22.5 Å². The van der Waals surface area contributed by atoms with Gasteiger partial charge >= 0.3 is 5.97 Å². The van der Waals surface area contributed by atoms with Crippen LogP contribution in [0.3, 0.4) is 0 Å². The number of rotatable bonds is 4. The molecule has 1 aliphatic rings. The maximum Gasteiger partial charge on any atom is 0.325 e. The SMILES string of the molecule is Cc1nn(CC(=O)O)c(C)c1S(=O)(=O)N1CCNC(=O)C1. The first-order valence-electron chi connectivity index (χ1n) is 6.26. The Morgan fingerprint density at radius 1 is 1.43 bits per heavy atom. The van der Waals surface area contributed by atoms with Gasteiger partial charge in [-0.25, -0.2) is 8.42 Å². The first-order valence-corrected chi connectivity index (χ1v) is 7.70. The van der Waals surface area contributed by atoms with Gasteiger partial charge in [-0.2, -0.15) is 9.40 Å². The number of aryl methyl sites for hydroxylation is 1. The zero-order valence-electron chi connectivity index (χ0n) is 11.7. The van der Waals surface area contributed by atoms with Crippen molar-refractivity contribution in [2.45, 2.75) is 25.3 Å². The third kappa shape index (κ3) is 2.90. The van der Waals surface area contributed by atoms with Gasteiger partial charge in [0.25, 0.3) is 0 Å². The molecule has 2 N–H and O–H groups in total. The molecule has 1 aliphatic heterocycles. The van der Waals surface area contributed by atoms with Gasteiger partial charge in [0.15, 0.2) is 0 Å². The van der Waals surface area contributed by atoms with Crippen molar-refractivity contribution in [1.82, 2.24) is 19.4 Å². The Balaban J connectivity index is 2.42. The number of nitrogens with zero attached hydrogens (tertiary/aromatic N) is 3. The van der Waals surface area contributed by atoms with E-state index in [-0.39, 0.29) is 41.8 Å². The highest BCUT2D eigenvalue weighted by Gasteiger charge is 2.33. The Morgan fingerprint density at radius 2 is 2.10 bits per heavy atom. The lowest BCUT2D eigenvalue weighted by Crippen LogP contribution is -2.50. The lowest BCUT2D eigenvalue weighted by Gasteiger charge is -2.25. The fourth-order valence-electron chi connectivity index (χ4n) is 2.29. The van der Waals surface area contributed by atoms with Gasteiger partial charge in [0.1, 0.15) is 11.4 Å². The molecular formula is C11H16N4O5S. The maximum atomic E-state index is 12.6. The van der Waals surface area contributed by atoms with Crippen LogP contribution in [-0.2, 0) is 26.2 Å². The smallest absolute Gasteiger partial charge is 0.325 e. The molecule has 116 valence electrons. The lowest BCUT2D eigenvalue weighted by atomic mass is 10.4. The first kappa shape index (κ1) is 15.4. The molecule has 0 atom stereocenters. The van der Waals surface area contributed by atoms with Gasteiger partial charge in [0.2, 0.25) is 15.9 Å². The van der Waals surface area contributed by atoms with Crippen molar-refractivity contribution in [3.63, 3.8) is 0 Å². The number of carbonyl (C=O) groups is 2. The summed E-state index contributed by atoms with van der Waals surface area (Å²) in [7, 11) is -3.88. The number of nitrogens with one attached hydrogen (secondary N) is 1. The zero-order valence-corrected chi connectivity index (χ0v) is 12.5. The molecule has 0 radical (unpaired) electrons. The monoisotopic (exact) mass is 316 g/mol. The molecule has 10 heteroatoms. The molecule has 1 fully saturated rings. The van der Waals surface area contributed by atoms with Crippen LogP contribution in [0.5, 0.6) is 0 Å². The average molecular weight is 316 g/mol. The van der Waals surface area contributed by atoms with Crippen molar-refractivity contribution >= 4 is 21.9 Å². The van der Waals surface area contributed by atoms with Crippen LogP contribution in [0.4, 0.5) is 0 Å². The van der Waals surface area contributed by atoms with Crippen LogP contribution >= 0.6 is 0 Å². The highest BCUT2D eigenvalue weighted by Crippen LogP contribution is 2.23. The topological polar surface area (TPSA) is 122 Å². The van der Waals surface area contributed by atoms with E-state index in [1.807, 2.05) is 0 Å². The molecule has 0 spiro atoms. The van der Waals surface area contributed by atoms with Crippen molar-refractivity contribution in [3.05, 3.63) is 11.4 Å². The fraction of sp³-hybridized carbons (Fsp3) is 0.545. The van der Waals surface area contributed by atoms with Crippen LogP contribution in [-0.4, -0.2) is 59.1 Å². The molecule has 1 aromatic heterocycles. The van der Waals surface area contributed by atoms with E-state index in [0.29, 0.717) is 0 Å². The van der Waals surface area contributed by atoms with Crippen LogP contribution in [0, 0.1) is 13.8 Å². The van der Waals surface area contributed by atoms with E-state index in [4.69, 9.17) is 5.11 Å². The normalized spacial score (nSPS) is 16.8. The van der Waals surface area contributed by atoms with E-state index in [1.54, 1.807) is 0 Å². The molecule has 0 aliphatic carbocycles. The van der Waals surface area contributed by atoms with E-state index in [1.165, 1.54) is 13.8 Å². The summed E-state index contributed by atoms with van der Waals surface area (Å²) in [6, 6.07) is 0. The molecular weight excluding hydrogens is 300 g/mol. The van der Waals surface area contributed by atoms with Crippen LogP contribution in [0.25, 0.3) is 0 Å². The maximum absolute atomic E-state index is 12.6. The molecule has 2 heterocycles. The van der Waals surface area contributed by atoms with Crippen LogP contribution in [0.15, 0.2) is 4.90 Å². The number of amides is 1. The minimum atomic E-state index is -3.88. The summed E-state index contributed by atoms with van der Waals surface area (Å²) in [5, 5.41) is 15.3. The number of aliphatic carboxylic acids is 1. The Hall–Kier alpha value is -1.94. The van der Waals surface area contributed by atoms with E-state index >= 15 is 0 Å². The number of carboxylic acid groups (broad SMARTS) is 1. The Labute approximate surface area is 121 Å². The molecule has 1 aromatic rings. The average Bonchev–Trinajstić information content (AvgIpc) is 2.64. The fourth-order valence-corrected chi connectivity index (χ4v) is 4.06. The van der Waals surface area contributed by atoms with Crippen LogP contribution < -0.4 is 5.32 Å². The van der Waals surface area contributed by atoms with Gasteiger partial charge < -0.3 is 10.4 Å². The number of carboxylic acids is 1. The first-order chi connectivity index (χ1) is 9.73. The Kier molecular flexibility index (Phi) is 4.01. The standard InChI is InChI=1S/C11H16N4O5S/c1-7-11(8(2)15(13-7)6-10(17)18)21(19,20)14-4-3-12-9(16)5-14/h3-6H2,1-2H3,(H,12,16)(H,17,18). The summed E-state index contributed by atoms with van der Waals surface area (Å²) >= 11 is 0. The van der Waals surface area contributed by atoms with Crippen molar-refractivity contribution in [3.8, 4) is 0 Å². The molecule has 9 nitrogen and oxygen atoms in total. The van der Waals surface area contributed by atoms with E-state index in [9.17, 15) is 18.0 Å². The number of hydrogen-bond donors (Lipinski definition) is 2. The lowest BCUT2D eigenvalue weighted by molar-refractivity contribution is -0.138. The van der Waals surface area contributed by atoms with Crippen molar-refractivity contribution in [2.75, 3.05) is 19.6 Å². The second kappa shape index (κ2) is 5.45. The van der Waals surface area contributed by atoms with Crippen LogP contribution in [0.2, 0.25) is 0 Å². The second-order valence-corrected chi connectivity index (χ2v) is 6.61. The van der Waals surface area contributed by atoms with Crippen molar-refractivity contribution in [2.24, 2.45) is 0 Å². The number of carbonyl (C=O) groups excluding carboxylic acids is 1. The van der Waals surface area contributed by atoms with Gasteiger partial charge in [0.05, 0.1) is 17.9 Å². The Morgan fingerprint density at radius 3 is 2.67 bits per heavy atom.